The molecule has 0 aliphatic heterocycles. The number of esters is 1. The van der Waals surface area contributed by atoms with Crippen molar-refractivity contribution >= 4 is 5.97 Å². The molecular weight excluding hydrogens is 270 g/mol. The van der Waals surface area contributed by atoms with Gasteiger partial charge in [0.2, 0.25) is 11.7 Å². The highest BCUT2D eigenvalue weighted by Gasteiger charge is 2.47. The van der Waals surface area contributed by atoms with E-state index >= 15 is 0 Å². The van der Waals surface area contributed by atoms with Crippen molar-refractivity contribution in [3.05, 3.63) is 24.2 Å². The molecule has 2 heterocycles. The molecule has 0 spiro atoms. The Bertz CT molecular complexity index is 597. The monoisotopic (exact) mass is 289 g/mol. The average molecular weight is 289 g/mol. The Hall–Kier alpha value is -2.11. The van der Waals surface area contributed by atoms with Gasteiger partial charge in [-0.15, -0.1) is 0 Å². The Morgan fingerprint density at radius 2 is 2.24 bits per heavy atom. The Labute approximate surface area is 122 Å². The third kappa shape index (κ3) is 2.46. The van der Waals surface area contributed by atoms with Crippen LogP contribution in [0.1, 0.15) is 44.9 Å². The molecule has 0 saturated heterocycles. The van der Waals surface area contributed by atoms with Gasteiger partial charge in [-0.25, -0.2) is 0 Å². The van der Waals surface area contributed by atoms with Crippen molar-refractivity contribution in [3.8, 4) is 11.5 Å². The number of aromatic nitrogens is 3. The number of nitrogens with one attached hydrogen (secondary N) is 1. The molecule has 1 aliphatic rings. The van der Waals surface area contributed by atoms with Crippen molar-refractivity contribution in [2.75, 3.05) is 6.61 Å². The standard InChI is InChI=1S/C15H19N3O3/c1-2-20-14(19)15(8-4-3-5-9-15)13-17-12(18-21-13)11-7-6-10-16-11/h6-7,10,16H,2-5,8-9H2,1H3. The second-order valence-electron chi connectivity index (χ2n) is 5.37. The van der Waals surface area contributed by atoms with Crippen LogP contribution in [0.25, 0.3) is 11.5 Å². The first-order chi connectivity index (χ1) is 10.3. The Morgan fingerprint density at radius 1 is 1.43 bits per heavy atom. The molecule has 0 bridgehead atoms. The Kier molecular flexibility index (Phi) is 3.77. The van der Waals surface area contributed by atoms with E-state index < -0.39 is 5.41 Å². The van der Waals surface area contributed by atoms with Crippen LogP contribution in [0.3, 0.4) is 0 Å². The summed E-state index contributed by atoms with van der Waals surface area (Å²) >= 11 is 0. The van der Waals surface area contributed by atoms with Gasteiger partial charge in [0.05, 0.1) is 12.3 Å². The van der Waals surface area contributed by atoms with Crippen LogP contribution in [0, 0.1) is 0 Å². The van der Waals surface area contributed by atoms with Crippen LogP contribution in [-0.2, 0) is 14.9 Å². The van der Waals surface area contributed by atoms with E-state index in [0.29, 0.717) is 31.2 Å². The SMILES string of the molecule is CCOC(=O)C1(c2nc(-c3ccc[nH]3)no2)CCCCC1. The van der Waals surface area contributed by atoms with Crippen LogP contribution in [0.4, 0.5) is 0 Å². The minimum Gasteiger partial charge on any atom is -0.465 e. The highest BCUT2D eigenvalue weighted by atomic mass is 16.5. The maximum absolute atomic E-state index is 12.5. The lowest BCUT2D eigenvalue weighted by atomic mass is 9.74. The number of nitrogens with zero attached hydrogens (tertiary/aromatic N) is 2. The first-order valence-electron chi connectivity index (χ1n) is 7.41. The second-order valence-corrected chi connectivity index (χ2v) is 5.37. The number of hydrogen-bond donors (Lipinski definition) is 1. The zero-order chi connectivity index (χ0) is 14.7. The van der Waals surface area contributed by atoms with Gasteiger partial charge in [-0.05, 0) is 31.9 Å². The lowest BCUT2D eigenvalue weighted by molar-refractivity contribution is -0.152. The fourth-order valence-corrected chi connectivity index (χ4v) is 2.93. The quantitative estimate of drug-likeness (QED) is 0.875. The number of hydrogen-bond acceptors (Lipinski definition) is 5. The lowest BCUT2D eigenvalue weighted by Crippen LogP contribution is -2.39. The van der Waals surface area contributed by atoms with Gasteiger partial charge in [0.25, 0.3) is 0 Å². The number of aromatic amines is 1. The molecular formula is C15H19N3O3. The van der Waals surface area contributed by atoms with Crippen molar-refractivity contribution in [2.45, 2.75) is 44.4 Å². The lowest BCUT2D eigenvalue weighted by Gasteiger charge is -2.31. The summed E-state index contributed by atoms with van der Waals surface area (Å²) in [6.07, 6.45) is 6.28. The van der Waals surface area contributed by atoms with E-state index in [4.69, 9.17) is 9.26 Å². The molecule has 1 N–H and O–H groups in total. The van der Waals surface area contributed by atoms with Crippen molar-refractivity contribution < 1.29 is 14.1 Å². The molecule has 2 aromatic heterocycles. The van der Waals surface area contributed by atoms with E-state index in [-0.39, 0.29) is 5.97 Å². The van der Waals surface area contributed by atoms with Gasteiger partial charge in [0.1, 0.15) is 5.41 Å². The van der Waals surface area contributed by atoms with Crippen LogP contribution < -0.4 is 0 Å². The van der Waals surface area contributed by atoms with Gasteiger partial charge in [0, 0.05) is 6.20 Å². The molecule has 6 nitrogen and oxygen atoms in total. The predicted octanol–water partition coefficient (Wildman–Crippen LogP) is 2.83. The van der Waals surface area contributed by atoms with E-state index in [2.05, 4.69) is 15.1 Å². The van der Waals surface area contributed by atoms with Crippen molar-refractivity contribution in [1.82, 2.24) is 15.1 Å². The van der Waals surface area contributed by atoms with Gasteiger partial charge >= 0.3 is 5.97 Å². The van der Waals surface area contributed by atoms with Gasteiger partial charge in [-0.1, -0.05) is 24.4 Å². The third-order valence-corrected chi connectivity index (χ3v) is 4.05. The molecule has 0 radical (unpaired) electrons. The molecule has 6 heteroatoms. The fourth-order valence-electron chi connectivity index (χ4n) is 2.93. The molecule has 0 aromatic carbocycles. The van der Waals surface area contributed by atoms with Crippen LogP contribution in [0.2, 0.25) is 0 Å². The molecule has 0 amide bonds. The maximum atomic E-state index is 12.5. The summed E-state index contributed by atoms with van der Waals surface area (Å²) in [5, 5.41) is 4.00. The van der Waals surface area contributed by atoms with E-state index in [0.717, 1.165) is 25.0 Å². The molecule has 1 aliphatic carbocycles. The molecule has 1 saturated carbocycles. The highest BCUT2D eigenvalue weighted by Crippen LogP contribution is 2.40. The molecule has 0 unspecified atom stereocenters. The average Bonchev–Trinajstić information content (AvgIpc) is 3.19. The number of carbonyl (C=O) groups excluding carboxylic acids is 1. The van der Waals surface area contributed by atoms with Gasteiger partial charge in [-0.3, -0.25) is 4.79 Å². The van der Waals surface area contributed by atoms with Gasteiger partial charge in [-0.2, -0.15) is 4.98 Å². The molecule has 1 fully saturated rings. The topological polar surface area (TPSA) is 81.0 Å². The summed E-state index contributed by atoms with van der Waals surface area (Å²) in [5.74, 6) is 0.612. The van der Waals surface area contributed by atoms with Crippen molar-refractivity contribution in [2.24, 2.45) is 0 Å². The zero-order valence-corrected chi connectivity index (χ0v) is 12.1. The number of ether oxygens (including phenoxy) is 1. The summed E-state index contributed by atoms with van der Waals surface area (Å²) in [7, 11) is 0. The fraction of sp³-hybridized carbons (Fsp3) is 0.533. The summed E-state index contributed by atoms with van der Waals surface area (Å²) in [6.45, 7) is 2.17. The molecule has 3 rings (SSSR count). The van der Waals surface area contributed by atoms with E-state index in [1.165, 1.54) is 0 Å². The molecule has 21 heavy (non-hydrogen) atoms. The third-order valence-electron chi connectivity index (χ3n) is 4.05. The van der Waals surface area contributed by atoms with Crippen LogP contribution >= 0.6 is 0 Å². The minimum atomic E-state index is -0.772. The van der Waals surface area contributed by atoms with Crippen LogP contribution in [-0.4, -0.2) is 27.7 Å². The number of H-pyrrole nitrogens is 1. The molecule has 0 atom stereocenters. The van der Waals surface area contributed by atoms with Crippen molar-refractivity contribution in [1.29, 1.82) is 0 Å². The largest absolute Gasteiger partial charge is 0.465 e. The van der Waals surface area contributed by atoms with E-state index in [1.54, 1.807) is 6.20 Å². The summed E-state index contributed by atoms with van der Waals surface area (Å²) in [5.41, 5.74) is 0.00589. The predicted molar refractivity (Wildman–Crippen MR) is 75.5 cm³/mol. The molecule has 2 aromatic rings. The second kappa shape index (κ2) is 5.71. The number of carbonyl (C=O) groups is 1. The first-order valence-corrected chi connectivity index (χ1v) is 7.41. The normalized spacial score (nSPS) is 17.6. The summed E-state index contributed by atoms with van der Waals surface area (Å²) in [6, 6.07) is 3.74. The Morgan fingerprint density at radius 3 is 2.90 bits per heavy atom. The maximum Gasteiger partial charge on any atom is 0.321 e. The van der Waals surface area contributed by atoms with E-state index in [1.807, 2.05) is 19.1 Å². The van der Waals surface area contributed by atoms with Crippen LogP contribution in [0.5, 0.6) is 0 Å². The summed E-state index contributed by atoms with van der Waals surface area (Å²) < 4.78 is 10.7. The first kappa shape index (κ1) is 13.9. The van der Waals surface area contributed by atoms with Gasteiger partial charge < -0.3 is 14.2 Å². The smallest absolute Gasteiger partial charge is 0.321 e. The number of rotatable bonds is 4. The highest BCUT2D eigenvalue weighted by molar-refractivity contribution is 5.82. The summed E-state index contributed by atoms with van der Waals surface area (Å²) in [4.78, 5) is 19.9. The van der Waals surface area contributed by atoms with Crippen LogP contribution in [0.15, 0.2) is 22.9 Å². The zero-order valence-electron chi connectivity index (χ0n) is 12.1. The Balaban J connectivity index is 1.95. The van der Waals surface area contributed by atoms with E-state index in [9.17, 15) is 4.79 Å². The minimum absolute atomic E-state index is 0.244. The van der Waals surface area contributed by atoms with Crippen molar-refractivity contribution in [3.63, 3.8) is 0 Å². The molecule has 112 valence electrons. The van der Waals surface area contributed by atoms with Gasteiger partial charge in [0.15, 0.2) is 0 Å².